The monoisotopic (exact) mass is 296 g/mol. The third-order valence-corrected chi connectivity index (χ3v) is 5.45. The minimum absolute atomic E-state index is 0.221. The van der Waals surface area contributed by atoms with Gasteiger partial charge in [0.1, 0.15) is 5.54 Å². The lowest BCUT2D eigenvalue weighted by Crippen LogP contribution is -2.57. The summed E-state index contributed by atoms with van der Waals surface area (Å²) < 4.78 is 11.1. The Labute approximate surface area is 127 Å². The normalized spacial score (nSPS) is 40.8. The van der Waals surface area contributed by atoms with E-state index >= 15 is 0 Å². The Morgan fingerprint density at radius 2 is 2.19 bits per heavy atom. The molecule has 1 heterocycles. The van der Waals surface area contributed by atoms with Crippen LogP contribution in [0.2, 0.25) is 0 Å². The number of hydrogen-bond donors (Lipinski definition) is 1. The fourth-order valence-electron chi connectivity index (χ4n) is 4.37. The molecule has 120 valence electrons. The second-order valence-electron chi connectivity index (χ2n) is 6.77. The van der Waals surface area contributed by atoms with E-state index in [-0.39, 0.29) is 5.97 Å². The van der Waals surface area contributed by atoms with Crippen LogP contribution in [0.5, 0.6) is 0 Å². The van der Waals surface area contributed by atoms with Gasteiger partial charge < -0.3 is 15.2 Å². The van der Waals surface area contributed by atoms with Crippen LogP contribution in [0.15, 0.2) is 0 Å². The van der Waals surface area contributed by atoms with Crippen molar-refractivity contribution in [3.05, 3.63) is 0 Å². The molecule has 0 aromatic heterocycles. The number of ether oxygens (including phenoxy) is 2. The number of morpholine rings is 1. The van der Waals surface area contributed by atoms with Crippen LogP contribution < -0.4 is 5.73 Å². The van der Waals surface area contributed by atoms with Crippen molar-refractivity contribution in [1.29, 1.82) is 0 Å². The molecule has 3 fully saturated rings. The van der Waals surface area contributed by atoms with Gasteiger partial charge in [0.15, 0.2) is 0 Å². The van der Waals surface area contributed by atoms with Crippen molar-refractivity contribution in [2.24, 2.45) is 5.73 Å². The SMILES string of the molecule is CCOC(=O)C1(N)CCC(N2CCOC3CCCCC32)C1. The lowest BCUT2D eigenvalue weighted by Gasteiger charge is -2.46. The summed E-state index contributed by atoms with van der Waals surface area (Å²) in [4.78, 5) is 14.7. The molecule has 0 aromatic carbocycles. The zero-order valence-electron chi connectivity index (χ0n) is 13.1. The first-order valence-corrected chi connectivity index (χ1v) is 8.47. The van der Waals surface area contributed by atoms with Crippen molar-refractivity contribution in [2.45, 2.75) is 75.6 Å². The molecule has 5 nitrogen and oxygen atoms in total. The predicted molar refractivity (Wildman–Crippen MR) is 79.9 cm³/mol. The highest BCUT2D eigenvalue weighted by molar-refractivity contribution is 5.81. The number of rotatable bonds is 3. The average Bonchev–Trinajstić information content (AvgIpc) is 2.91. The van der Waals surface area contributed by atoms with Gasteiger partial charge in [0.2, 0.25) is 0 Å². The van der Waals surface area contributed by atoms with Gasteiger partial charge in [-0.2, -0.15) is 0 Å². The molecular weight excluding hydrogens is 268 g/mol. The van der Waals surface area contributed by atoms with E-state index in [4.69, 9.17) is 15.2 Å². The van der Waals surface area contributed by atoms with Crippen molar-refractivity contribution >= 4 is 5.97 Å². The number of carbonyl (C=O) groups is 1. The van der Waals surface area contributed by atoms with Gasteiger partial charge >= 0.3 is 5.97 Å². The Kier molecular flexibility index (Phi) is 4.52. The lowest BCUT2D eigenvalue weighted by molar-refractivity contribution is -0.149. The van der Waals surface area contributed by atoms with Gasteiger partial charge in [0.25, 0.3) is 0 Å². The molecule has 0 spiro atoms. The first-order chi connectivity index (χ1) is 10.1. The molecule has 2 aliphatic carbocycles. The van der Waals surface area contributed by atoms with Crippen LogP contribution in [-0.2, 0) is 14.3 Å². The number of fused-ring (bicyclic) bond motifs is 1. The predicted octanol–water partition coefficient (Wildman–Crippen LogP) is 1.44. The maximum absolute atomic E-state index is 12.1. The van der Waals surface area contributed by atoms with Gasteiger partial charge in [0.05, 0.1) is 19.3 Å². The summed E-state index contributed by atoms with van der Waals surface area (Å²) in [6.07, 6.45) is 7.84. The van der Waals surface area contributed by atoms with Crippen LogP contribution in [0.4, 0.5) is 0 Å². The molecule has 0 amide bonds. The molecular formula is C16H28N2O3. The molecule has 2 N–H and O–H groups in total. The largest absolute Gasteiger partial charge is 0.465 e. The number of nitrogens with two attached hydrogens (primary N) is 1. The van der Waals surface area contributed by atoms with Crippen LogP contribution in [0.25, 0.3) is 0 Å². The summed E-state index contributed by atoms with van der Waals surface area (Å²) >= 11 is 0. The number of nitrogens with zero attached hydrogens (tertiary/aromatic N) is 1. The molecule has 21 heavy (non-hydrogen) atoms. The zero-order chi connectivity index (χ0) is 14.9. The molecule has 1 aliphatic heterocycles. The van der Waals surface area contributed by atoms with E-state index in [1.165, 1.54) is 25.7 Å². The van der Waals surface area contributed by atoms with E-state index in [1.807, 2.05) is 6.92 Å². The van der Waals surface area contributed by atoms with Crippen molar-refractivity contribution < 1.29 is 14.3 Å². The maximum atomic E-state index is 12.1. The number of carbonyl (C=O) groups excluding carboxylic acids is 1. The first kappa shape index (κ1) is 15.3. The number of esters is 1. The van der Waals surface area contributed by atoms with Crippen LogP contribution in [0.1, 0.15) is 51.9 Å². The summed E-state index contributed by atoms with van der Waals surface area (Å²) in [6.45, 7) is 4.03. The standard InChI is InChI=1S/C16H28N2O3/c1-2-20-15(19)16(17)8-7-12(11-16)18-9-10-21-14-6-4-3-5-13(14)18/h12-14H,2-11,17H2,1H3. The van der Waals surface area contributed by atoms with Gasteiger partial charge in [-0.05, 0) is 39.0 Å². The van der Waals surface area contributed by atoms with Crippen LogP contribution >= 0.6 is 0 Å². The zero-order valence-corrected chi connectivity index (χ0v) is 13.1. The number of hydrogen-bond acceptors (Lipinski definition) is 5. The van der Waals surface area contributed by atoms with Crippen LogP contribution in [-0.4, -0.2) is 54.4 Å². The minimum atomic E-state index is -0.775. The second-order valence-corrected chi connectivity index (χ2v) is 6.77. The molecule has 0 radical (unpaired) electrons. The molecule has 3 aliphatic rings. The molecule has 0 aromatic rings. The van der Waals surface area contributed by atoms with Crippen molar-refractivity contribution in [3.63, 3.8) is 0 Å². The van der Waals surface area contributed by atoms with E-state index in [0.717, 1.165) is 32.4 Å². The first-order valence-electron chi connectivity index (χ1n) is 8.47. The van der Waals surface area contributed by atoms with E-state index < -0.39 is 5.54 Å². The van der Waals surface area contributed by atoms with E-state index in [2.05, 4.69) is 4.90 Å². The molecule has 4 unspecified atom stereocenters. The highest BCUT2D eigenvalue weighted by Gasteiger charge is 2.47. The summed E-state index contributed by atoms with van der Waals surface area (Å²) in [5.74, 6) is -0.221. The summed E-state index contributed by atoms with van der Waals surface area (Å²) in [6, 6.07) is 0.941. The van der Waals surface area contributed by atoms with Crippen LogP contribution in [0, 0.1) is 0 Å². The van der Waals surface area contributed by atoms with Gasteiger partial charge in [-0.25, -0.2) is 0 Å². The Bertz CT molecular complexity index is 388. The average molecular weight is 296 g/mol. The van der Waals surface area contributed by atoms with Gasteiger partial charge in [-0.3, -0.25) is 9.69 Å². The fraction of sp³-hybridized carbons (Fsp3) is 0.938. The third-order valence-electron chi connectivity index (χ3n) is 5.45. The van der Waals surface area contributed by atoms with E-state index in [1.54, 1.807) is 0 Å². The maximum Gasteiger partial charge on any atom is 0.326 e. The van der Waals surface area contributed by atoms with Gasteiger partial charge in [-0.15, -0.1) is 0 Å². The third kappa shape index (κ3) is 2.96. The van der Waals surface area contributed by atoms with E-state index in [0.29, 0.717) is 24.8 Å². The Morgan fingerprint density at radius 1 is 1.38 bits per heavy atom. The minimum Gasteiger partial charge on any atom is -0.465 e. The quantitative estimate of drug-likeness (QED) is 0.798. The Morgan fingerprint density at radius 3 is 3.00 bits per heavy atom. The molecule has 2 saturated carbocycles. The van der Waals surface area contributed by atoms with Gasteiger partial charge in [0, 0.05) is 18.6 Å². The summed E-state index contributed by atoms with van der Waals surface area (Å²) in [5, 5.41) is 0. The summed E-state index contributed by atoms with van der Waals surface area (Å²) in [7, 11) is 0. The van der Waals surface area contributed by atoms with Crippen LogP contribution in [0.3, 0.4) is 0 Å². The van der Waals surface area contributed by atoms with Crippen molar-refractivity contribution in [2.75, 3.05) is 19.8 Å². The Hall–Kier alpha value is -0.650. The molecule has 4 atom stereocenters. The second kappa shape index (κ2) is 6.23. The highest BCUT2D eigenvalue weighted by atomic mass is 16.5. The molecule has 0 bridgehead atoms. The smallest absolute Gasteiger partial charge is 0.326 e. The van der Waals surface area contributed by atoms with Crippen molar-refractivity contribution in [1.82, 2.24) is 4.90 Å². The topological polar surface area (TPSA) is 64.8 Å². The highest BCUT2D eigenvalue weighted by Crippen LogP contribution is 2.37. The molecule has 1 saturated heterocycles. The molecule has 3 rings (SSSR count). The fourth-order valence-corrected chi connectivity index (χ4v) is 4.37. The summed E-state index contributed by atoms with van der Waals surface area (Å²) in [5.41, 5.74) is 5.55. The van der Waals surface area contributed by atoms with Gasteiger partial charge in [-0.1, -0.05) is 12.8 Å². The van der Waals surface area contributed by atoms with Crippen molar-refractivity contribution in [3.8, 4) is 0 Å². The molecule has 5 heteroatoms. The lowest BCUT2D eigenvalue weighted by atomic mass is 9.88. The van der Waals surface area contributed by atoms with E-state index in [9.17, 15) is 4.79 Å². The Balaban J connectivity index is 1.66.